The van der Waals surface area contributed by atoms with Crippen LogP contribution in [0.2, 0.25) is 5.02 Å². The van der Waals surface area contributed by atoms with Crippen LogP contribution in [0, 0.1) is 6.92 Å². The molecule has 1 atom stereocenters. The maximum absolute atomic E-state index is 6.25. The highest BCUT2D eigenvalue weighted by molar-refractivity contribution is 6.31. The van der Waals surface area contributed by atoms with Crippen molar-refractivity contribution < 1.29 is 4.74 Å². The van der Waals surface area contributed by atoms with Crippen molar-refractivity contribution in [2.75, 3.05) is 7.11 Å². The van der Waals surface area contributed by atoms with Gasteiger partial charge in [-0.2, -0.15) is 0 Å². The van der Waals surface area contributed by atoms with Gasteiger partial charge in [-0.3, -0.25) is 0 Å². The van der Waals surface area contributed by atoms with E-state index in [9.17, 15) is 0 Å². The Labute approximate surface area is 125 Å². The minimum Gasteiger partial charge on any atom is -0.497 e. The van der Waals surface area contributed by atoms with Crippen LogP contribution in [0.25, 0.3) is 0 Å². The number of halogens is 1. The van der Waals surface area contributed by atoms with E-state index < -0.39 is 0 Å². The van der Waals surface area contributed by atoms with Crippen molar-refractivity contribution in [1.82, 2.24) is 0 Å². The highest BCUT2D eigenvalue weighted by Gasteiger charge is 2.09. The first kappa shape index (κ1) is 14.9. The fraction of sp³-hybridized carbons (Fsp3) is 0.294. The number of methoxy groups -OCH3 is 1. The largest absolute Gasteiger partial charge is 0.497 e. The number of aryl methyl sites for hydroxylation is 1. The van der Waals surface area contributed by atoms with Crippen molar-refractivity contribution in [3.63, 3.8) is 0 Å². The molecule has 2 nitrogen and oxygen atoms in total. The molecule has 2 aromatic rings. The fourth-order valence-corrected chi connectivity index (χ4v) is 2.59. The van der Waals surface area contributed by atoms with Crippen molar-refractivity contribution in [1.29, 1.82) is 0 Å². The fourth-order valence-electron chi connectivity index (χ4n) is 2.27. The first-order chi connectivity index (χ1) is 9.58. The molecule has 0 spiro atoms. The molecule has 20 heavy (non-hydrogen) atoms. The zero-order valence-electron chi connectivity index (χ0n) is 11.9. The highest BCUT2D eigenvalue weighted by atomic mass is 35.5. The lowest BCUT2D eigenvalue weighted by Crippen LogP contribution is -2.25. The Hall–Kier alpha value is -1.51. The number of rotatable bonds is 5. The topological polar surface area (TPSA) is 35.2 Å². The summed E-state index contributed by atoms with van der Waals surface area (Å²) in [6.07, 6.45) is 1.58. The van der Waals surface area contributed by atoms with E-state index in [1.165, 1.54) is 11.1 Å². The van der Waals surface area contributed by atoms with Gasteiger partial charge < -0.3 is 10.5 Å². The average Bonchev–Trinajstić information content (AvgIpc) is 2.42. The number of benzene rings is 2. The van der Waals surface area contributed by atoms with Gasteiger partial charge in [0.05, 0.1) is 7.11 Å². The summed E-state index contributed by atoms with van der Waals surface area (Å²) in [5.41, 5.74) is 9.69. The van der Waals surface area contributed by atoms with E-state index in [0.717, 1.165) is 29.2 Å². The number of hydrogen-bond donors (Lipinski definition) is 1. The molecule has 0 aliphatic carbocycles. The van der Waals surface area contributed by atoms with Crippen LogP contribution in [0.15, 0.2) is 42.5 Å². The second kappa shape index (κ2) is 6.78. The van der Waals surface area contributed by atoms with Crippen LogP contribution in [-0.2, 0) is 12.8 Å². The lowest BCUT2D eigenvalue weighted by Gasteiger charge is -2.14. The Morgan fingerprint density at radius 1 is 1.15 bits per heavy atom. The summed E-state index contributed by atoms with van der Waals surface area (Å²) in [6, 6.07) is 14.2. The molecule has 0 aliphatic rings. The van der Waals surface area contributed by atoms with Crippen LogP contribution in [0.5, 0.6) is 5.75 Å². The molecule has 0 radical (unpaired) electrons. The second-order valence-electron chi connectivity index (χ2n) is 5.11. The van der Waals surface area contributed by atoms with Gasteiger partial charge in [-0.15, -0.1) is 0 Å². The molecule has 0 bridgehead atoms. The van der Waals surface area contributed by atoms with Crippen LogP contribution in [0.1, 0.15) is 16.7 Å². The molecule has 0 aliphatic heterocycles. The molecular weight excluding hydrogens is 270 g/mol. The first-order valence-corrected chi connectivity index (χ1v) is 7.10. The molecule has 0 saturated heterocycles. The molecule has 1 unspecified atom stereocenters. The minimum atomic E-state index is 0.0438. The molecule has 2 rings (SSSR count). The van der Waals surface area contributed by atoms with E-state index in [4.69, 9.17) is 22.1 Å². The molecular formula is C17H20ClNO. The molecule has 0 amide bonds. The van der Waals surface area contributed by atoms with E-state index in [-0.39, 0.29) is 6.04 Å². The quantitative estimate of drug-likeness (QED) is 0.909. The third-order valence-electron chi connectivity index (χ3n) is 3.32. The summed E-state index contributed by atoms with van der Waals surface area (Å²) < 4.78 is 5.23. The normalized spacial score (nSPS) is 12.2. The van der Waals surface area contributed by atoms with E-state index in [0.29, 0.717) is 0 Å². The van der Waals surface area contributed by atoms with Gasteiger partial charge in [0.15, 0.2) is 0 Å². The van der Waals surface area contributed by atoms with Crippen LogP contribution in [0.3, 0.4) is 0 Å². The zero-order valence-corrected chi connectivity index (χ0v) is 12.7. The van der Waals surface area contributed by atoms with Gasteiger partial charge in [-0.05, 0) is 54.7 Å². The predicted octanol–water partition coefficient (Wildman–Crippen LogP) is 3.77. The van der Waals surface area contributed by atoms with E-state index in [2.05, 4.69) is 18.2 Å². The van der Waals surface area contributed by atoms with Gasteiger partial charge in [0.25, 0.3) is 0 Å². The number of ether oxygens (including phenoxy) is 1. The lowest BCUT2D eigenvalue weighted by molar-refractivity contribution is 0.414. The Morgan fingerprint density at radius 3 is 2.65 bits per heavy atom. The predicted molar refractivity (Wildman–Crippen MR) is 84.6 cm³/mol. The summed E-state index contributed by atoms with van der Waals surface area (Å²) in [4.78, 5) is 0. The Morgan fingerprint density at radius 2 is 1.95 bits per heavy atom. The van der Waals surface area contributed by atoms with Crippen molar-refractivity contribution in [3.05, 3.63) is 64.2 Å². The van der Waals surface area contributed by atoms with E-state index >= 15 is 0 Å². The number of nitrogens with two attached hydrogens (primary N) is 1. The van der Waals surface area contributed by atoms with Crippen molar-refractivity contribution >= 4 is 11.6 Å². The van der Waals surface area contributed by atoms with Gasteiger partial charge in [-0.25, -0.2) is 0 Å². The summed E-state index contributed by atoms with van der Waals surface area (Å²) in [6.45, 7) is 2.03. The van der Waals surface area contributed by atoms with Gasteiger partial charge >= 0.3 is 0 Å². The Balaban J connectivity index is 2.02. The van der Waals surface area contributed by atoms with Crippen LogP contribution < -0.4 is 10.5 Å². The van der Waals surface area contributed by atoms with Crippen LogP contribution in [-0.4, -0.2) is 13.2 Å². The van der Waals surface area contributed by atoms with Gasteiger partial charge in [0.1, 0.15) is 5.75 Å². The zero-order chi connectivity index (χ0) is 14.5. The monoisotopic (exact) mass is 289 g/mol. The summed E-state index contributed by atoms with van der Waals surface area (Å²) >= 11 is 6.25. The highest BCUT2D eigenvalue weighted by Crippen LogP contribution is 2.20. The van der Waals surface area contributed by atoms with Gasteiger partial charge in [0, 0.05) is 11.1 Å². The maximum Gasteiger partial charge on any atom is 0.119 e. The van der Waals surface area contributed by atoms with Crippen molar-refractivity contribution in [2.24, 2.45) is 5.73 Å². The lowest BCUT2D eigenvalue weighted by atomic mass is 9.99. The van der Waals surface area contributed by atoms with Crippen LogP contribution >= 0.6 is 11.6 Å². The summed E-state index contributed by atoms with van der Waals surface area (Å²) in [5.74, 6) is 0.864. The molecule has 0 saturated carbocycles. The smallest absolute Gasteiger partial charge is 0.119 e. The third-order valence-corrected chi connectivity index (χ3v) is 3.67. The summed E-state index contributed by atoms with van der Waals surface area (Å²) in [7, 11) is 1.67. The first-order valence-electron chi connectivity index (χ1n) is 6.72. The molecule has 3 heteroatoms. The maximum atomic E-state index is 6.25. The van der Waals surface area contributed by atoms with E-state index in [1.54, 1.807) is 7.11 Å². The molecule has 0 heterocycles. The molecule has 0 fully saturated rings. The molecule has 2 N–H and O–H groups in total. The molecule has 106 valence electrons. The molecule has 0 aromatic heterocycles. The molecule has 2 aromatic carbocycles. The Bertz CT molecular complexity index is 583. The Kier molecular flexibility index (Phi) is 5.05. The van der Waals surface area contributed by atoms with E-state index in [1.807, 2.05) is 31.2 Å². The van der Waals surface area contributed by atoms with Crippen molar-refractivity contribution in [2.45, 2.75) is 25.8 Å². The minimum absolute atomic E-state index is 0.0438. The van der Waals surface area contributed by atoms with Gasteiger partial charge in [-0.1, -0.05) is 35.9 Å². The van der Waals surface area contributed by atoms with Gasteiger partial charge in [0.2, 0.25) is 0 Å². The average molecular weight is 290 g/mol. The summed E-state index contributed by atoms with van der Waals surface area (Å²) in [5, 5.41) is 0.797. The van der Waals surface area contributed by atoms with Crippen LogP contribution in [0.4, 0.5) is 0 Å². The third kappa shape index (κ3) is 3.99. The second-order valence-corrected chi connectivity index (χ2v) is 5.52. The SMILES string of the molecule is COc1cccc(CC(N)Cc2ccc(C)cc2Cl)c1. The standard InChI is InChI=1S/C17H20ClNO/c1-12-6-7-14(17(18)8-12)11-15(19)9-13-4-3-5-16(10-13)20-2/h3-8,10,15H,9,11,19H2,1-2H3. The number of hydrogen-bond acceptors (Lipinski definition) is 2. The van der Waals surface area contributed by atoms with Crippen molar-refractivity contribution in [3.8, 4) is 5.75 Å².